The monoisotopic (exact) mass is 369 g/mol. The maximum Gasteiger partial charge on any atom is 0.221 e. The fraction of sp³-hybridized carbons (Fsp3) is 0.0952. The molecule has 0 unspecified atom stereocenters. The summed E-state index contributed by atoms with van der Waals surface area (Å²) in [4.78, 5) is 19.2. The van der Waals surface area contributed by atoms with Crippen LogP contribution in [0.25, 0.3) is 21.9 Å². The van der Waals surface area contributed by atoms with E-state index < -0.39 is 0 Å². The number of benzene rings is 2. The van der Waals surface area contributed by atoms with Crippen molar-refractivity contribution in [3.63, 3.8) is 0 Å². The van der Waals surface area contributed by atoms with Crippen molar-refractivity contribution in [3.05, 3.63) is 77.9 Å². The number of hydrogen-bond acceptors (Lipinski definition) is 5. The van der Waals surface area contributed by atoms with E-state index in [-0.39, 0.29) is 5.95 Å². The van der Waals surface area contributed by atoms with Crippen molar-refractivity contribution in [1.29, 1.82) is 0 Å². The zero-order valence-corrected chi connectivity index (χ0v) is 15.1. The van der Waals surface area contributed by atoms with E-state index in [1.807, 2.05) is 12.3 Å². The molecule has 0 aliphatic rings. The average Bonchev–Trinajstić information content (AvgIpc) is 3.36. The molecular formula is C21H19N7. The van der Waals surface area contributed by atoms with Crippen molar-refractivity contribution in [2.75, 3.05) is 11.1 Å². The zero-order valence-electron chi connectivity index (χ0n) is 15.1. The second-order valence-corrected chi connectivity index (χ2v) is 6.79. The number of nitrogens with zero attached hydrogens (tertiary/aromatic N) is 3. The fourth-order valence-electron chi connectivity index (χ4n) is 3.41. The molecule has 0 fully saturated rings. The lowest BCUT2D eigenvalue weighted by Crippen LogP contribution is -2.08. The third-order valence-corrected chi connectivity index (χ3v) is 4.84. The molecule has 0 aliphatic carbocycles. The predicted molar refractivity (Wildman–Crippen MR) is 111 cm³/mol. The number of aromatic nitrogens is 5. The summed E-state index contributed by atoms with van der Waals surface area (Å²) in [5.74, 6) is 1.01. The molecule has 138 valence electrons. The summed E-state index contributed by atoms with van der Waals surface area (Å²) >= 11 is 0. The first-order valence-corrected chi connectivity index (χ1v) is 9.08. The molecule has 0 aliphatic heterocycles. The van der Waals surface area contributed by atoms with Crippen molar-refractivity contribution in [2.45, 2.75) is 13.0 Å². The largest absolute Gasteiger partial charge is 0.368 e. The molecule has 0 saturated heterocycles. The Balaban J connectivity index is 1.39. The van der Waals surface area contributed by atoms with Crippen LogP contribution in [0.15, 0.2) is 61.2 Å². The summed E-state index contributed by atoms with van der Waals surface area (Å²) in [6.45, 7) is 0.656. The Labute approximate surface area is 161 Å². The van der Waals surface area contributed by atoms with Crippen molar-refractivity contribution >= 4 is 33.7 Å². The van der Waals surface area contributed by atoms with Gasteiger partial charge >= 0.3 is 0 Å². The third-order valence-electron chi connectivity index (χ3n) is 4.84. The summed E-state index contributed by atoms with van der Waals surface area (Å²) in [5, 5.41) is 4.61. The second kappa shape index (κ2) is 6.70. The molecule has 5 N–H and O–H groups in total. The number of hydrogen-bond donors (Lipinski definition) is 4. The maximum atomic E-state index is 5.83. The van der Waals surface area contributed by atoms with E-state index in [0.29, 0.717) is 13.0 Å². The van der Waals surface area contributed by atoms with Gasteiger partial charge in [0.1, 0.15) is 5.82 Å². The molecule has 7 heteroatoms. The van der Waals surface area contributed by atoms with Crippen molar-refractivity contribution in [3.8, 4) is 0 Å². The van der Waals surface area contributed by atoms with Gasteiger partial charge in [0, 0.05) is 36.4 Å². The van der Waals surface area contributed by atoms with Crippen LogP contribution in [0.3, 0.4) is 0 Å². The number of rotatable bonds is 5. The minimum atomic E-state index is 0.259. The smallest absolute Gasteiger partial charge is 0.221 e. The Bertz CT molecular complexity index is 1270. The number of H-pyrrole nitrogens is 2. The minimum Gasteiger partial charge on any atom is -0.368 e. The molecule has 0 amide bonds. The quantitative estimate of drug-likeness (QED) is 0.378. The van der Waals surface area contributed by atoms with Gasteiger partial charge in [-0.15, -0.1) is 0 Å². The lowest BCUT2D eigenvalue weighted by atomic mass is 10.1. The van der Waals surface area contributed by atoms with Gasteiger partial charge in [0.25, 0.3) is 0 Å². The summed E-state index contributed by atoms with van der Waals surface area (Å²) in [6, 6.07) is 14.6. The van der Waals surface area contributed by atoms with Crippen molar-refractivity contribution in [1.82, 2.24) is 24.9 Å². The van der Waals surface area contributed by atoms with Crippen LogP contribution in [0, 0.1) is 0 Å². The lowest BCUT2D eigenvalue weighted by molar-refractivity contribution is 1.04. The van der Waals surface area contributed by atoms with Gasteiger partial charge in [-0.25, -0.2) is 9.97 Å². The van der Waals surface area contributed by atoms with E-state index in [0.717, 1.165) is 33.5 Å². The lowest BCUT2D eigenvalue weighted by Gasteiger charge is -2.12. The van der Waals surface area contributed by atoms with Gasteiger partial charge in [0.2, 0.25) is 5.95 Å². The van der Waals surface area contributed by atoms with Crippen LogP contribution in [0.2, 0.25) is 0 Å². The maximum absolute atomic E-state index is 5.83. The van der Waals surface area contributed by atoms with Crippen LogP contribution >= 0.6 is 0 Å². The van der Waals surface area contributed by atoms with Gasteiger partial charge in [-0.3, -0.25) is 0 Å². The summed E-state index contributed by atoms with van der Waals surface area (Å²) < 4.78 is 0. The average molecular weight is 369 g/mol. The van der Waals surface area contributed by atoms with Gasteiger partial charge in [0.15, 0.2) is 0 Å². The van der Waals surface area contributed by atoms with Gasteiger partial charge in [-0.05, 0) is 46.8 Å². The summed E-state index contributed by atoms with van der Waals surface area (Å²) in [5.41, 5.74) is 12.2. The molecule has 0 atom stereocenters. The molecule has 5 aromatic rings. The number of aromatic amines is 2. The topological polar surface area (TPSA) is 108 Å². The third kappa shape index (κ3) is 3.14. The highest BCUT2D eigenvalue weighted by molar-refractivity contribution is 5.80. The number of anilines is 2. The Morgan fingerprint density at radius 1 is 0.929 bits per heavy atom. The van der Waals surface area contributed by atoms with Crippen LogP contribution in [0.4, 0.5) is 11.8 Å². The minimum absolute atomic E-state index is 0.259. The Morgan fingerprint density at radius 2 is 1.82 bits per heavy atom. The van der Waals surface area contributed by atoms with Crippen LogP contribution in [-0.2, 0) is 13.0 Å². The van der Waals surface area contributed by atoms with E-state index in [2.05, 4.69) is 66.6 Å². The molecule has 0 radical (unpaired) electrons. The van der Waals surface area contributed by atoms with Gasteiger partial charge in [-0.2, -0.15) is 4.98 Å². The standard InChI is InChI=1S/C21H19N7/c22-21-25-11-16(7-13-1-4-18-19(9-13)27-12-26-18)20(28-21)24-10-14-2-3-17-15(8-14)5-6-23-17/h1-6,8-9,11-12,23H,7,10H2,(H,26,27)(H3,22,24,25,28). The van der Waals surface area contributed by atoms with E-state index in [4.69, 9.17) is 5.73 Å². The molecule has 2 aromatic carbocycles. The van der Waals surface area contributed by atoms with E-state index in [1.54, 1.807) is 12.5 Å². The first-order chi connectivity index (χ1) is 13.7. The van der Waals surface area contributed by atoms with Crippen molar-refractivity contribution in [2.24, 2.45) is 0 Å². The highest BCUT2D eigenvalue weighted by atomic mass is 15.1. The normalized spacial score (nSPS) is 11.3. The highest BCUT2D eigenvalue weighted by Crippen LogP contribution is 2.21. The number of imidazole rings is 1. The number of fused-ring (bicyclic) bond motifs is 2. The molecule has 3 heterocycles. The van der Waals surface area contributed by atoms with Gasteiger partial charge < -0.3 is 21.0 Å². The first-order valence-electron chi connectivity index (χ1n) is 9.08. The van der Waals surface area contributed by atoms with E-state index in [1.165, 1.54) is 10.9 Å². The van der Waals surface area contributed by atoms with E-state index in [9.17, 15) is 0 Å². The predicted octanol–water partition coefficient (Wildman–Crippen LogP) is 3.62. The fourth-order valence-corrected chi connectivity index (χ4v) is 3.41. The molecule has 0 saturated carbocycles. The van der Waals surface area contributed by atoms with Crippen LogP contribution in [-0.4, -0.2) is 24.9 Å². The van der Waals surface area contributed by atoms with Crippen molar-refractivity contribution < 1.29 is 0 Å². The van der Waals surface area contributed by atoms with Crippen LogP contribution in [0.5, 0.6) is 0 Å². The summed E-state index contributed by atoms with van der Waals surface area (Å²) in [6.07, 6.45) is 6.13. The van der Waals surface area contributed by atoms with Crippen LogP contribution in [0.1, 0.15) is 16.7 Å². The highest BCUT2D eigenvalue weighted by Gasteiger charge is 2.09. The van der Waals surface area contributed by atoms with Crippen LogP contribution < -0.4 is 11.1 Å². The Hall–Kier alpha value is -3.87. The molecule has 0 spiro atoms. The molecule has 5 rings (SSSR count). The molecule has 3 aromatic heterocycles. The first kappa shape index (κ1) is 16.3. The van der Waals surface area contributed by atoms with E-state index >= 15 is 0 Å². The zero-order chi connectivity index (χ0) is 18.9. The molecule has 0 bridgehead atoms. The SMILES string of the molecule is Nc1ncc(Cc2ccc3[nH]cnc3c2)c(NCc2ccc3[nH]ccc3c2)n1. The van der Waals surface area contributed by atoms with Gasteiger partial charge in [0.05, 0.1) is 17.4 Å². The number of nitrogens with two attached hydrogens (primary N) is 1. The number of nitrogen functional groups attached to an aromatic ring is 1. The molecule has 7 nitrogen and oxygen atoms in total. The van der Waals surface area contributed by atoms with Gasteiger partial charge in [-0.1, -0.05) is 12.1 Å². The number of nitrogens with one attached hydrogen (secondary N) is 3. The molecule has 28 heavy (non-hydrogen) atoms. The molecular weight excluding hydrogens is 350 g/mol. The second-order valence-electron chi connectivity index (χ2n) is 6.79. The Kier molecular flexibility index (Phi) is 3.90. The summed E-state index contributed by atoms with van der Waals surface area (Å²) in [7, 11) is 0. The Morgan fingerprint density at radius 3 is 2.79 bits per heavy atom.